The number of halogens is 2. The molecule has 0 amide bonds. The first-order valence-corrected chi connectivity index (χ1v) is 8.51. The van der Waals surface area contributed by atoms with E-state index in [9.17, 15) is 0 Å². The molecule has 0 saturated heterocycles. The molecule has 0 aliphatic heterocycles. The van der Waals surface area contributed by atoms with Crippen LogP contribution in [-0.2, 0) is 0 Å². The van der Waals surface area contributed by atoms with Crippen molar-refractivity contribution in [3.63, 3.8) is 0 Å². The average Bonchev–Trinajstić information content (AvgIpc) is 2.43. The van der Waals surface area contributed by atoms with Gasteiger partial charge in [-0.2, -0.15) is 0 Å². The first kappa shape index (κ1) is 16.9. The van der Waals surface area contributed by atoms with Crippen molar-refractivity contribution in [1.82, 2.24) is 0 Å². The summed E-state index contributed by atoms with van der Waals surface area (Å²) >= 11 is 12.3. The van der Waals surface area contributed by atoms with Crippen molar-refractivity contribution in [2.45, 2.75) is 64.2 Å². The SMILES string of the molecule is CCCCCCCCCC(CCl)c1ccccc1Cl. The zero-order valence-corrected chi connectivity index (χ0v) is 13.5. The molecule has 0 bridgehead atoms. The molecular formula is C17H26Cl2. The quantitative estimate of drug-likeness (QED) is 0.329. The van der Waals surface area contributed by atoms with E-state index in [1.165, 1.54) is 50.5 Å². The van der Waals surface area contributed by atoms with Gasteiger partial charge in [-0.15, -0.1) is 11.6 Å². The van der Waals surface area contributed by atoms with E-state index >= 15 is 0 Å². The lowest BCUT2D eigenvalue weighted by Crippen LogP contribution is -2.01. The highest BCUT2D eigenvalue weighted by Gasteiger charge is 2.12. The largest absolute Gasteiger partial charge is 0.126 e. The van der Waals surface area contributed by atoms with Crippen molar-refractivity contribution < 1.29 is 0 Å². The third kappa shape index (κ3) is 6.68. The third-order valence-corrected chi connectivity index (χ3v) is 4.40. The van der Waals surface area contributed by atoms with Gasteiger partial charge in [0.25, 0.3) is 0 Å². The first-order chi connectivity index (χ1) is 9.29. The molecule has 0 spiro atoms. The van der Waals surface area contributed by atoms with Gasteiger partial charge >= 0.3 is 0 Å². The molecule has 0 aromatic heterocycles. The van der Waals surface area contributed by atoms with Crippen LogP contribution in [-0.4, -0.2) is 5.88 Å². The second kappa shape index (κ2) is 10.6. The molecule has 0 aliphatic carbocycles. The van der Waals surface area contributed by atoms with Crippen LogP contribution in [0, 0.1) is 0 Å². The maximum atomic E-state index is 6.24. The molecule has 0 N–H and O–H groups in total. The Morgan fingerprint density at radius 2 is 1.58 bits per heavy atom. The van der Waals surface area contributed by atoms with Crippen LogP contribution in [0.4, 0.5) is 0 Å². The summed E-state index contributed by atoms with van der Waals surface area (Å²) in [7, 11) is 0. The molecule has 1 atom stereocenters. The Bertz CT molecular complexity index is 336. The minimum Gasteiger partial charge on any atom is -0.126 e. The van der Waals surface area contributed by atoms with Gasteiger partial charge in [-0.05, 0) is 24.0 Å². The summed E-state index contributed by atoms with van der Waals surface area (Å²) in [6.07, 6.45) is 10.6. The molecule has 0 fully saturated rings. The normalized spacial score (nSPS) is 12.6. The molecule has 108 valence electrons. The molecular weight excluding hydrogens is 275 g/mol. The molecule has 0 radical (unpaired) electrons. The predicted octanol–water partition coefficient (Wildman–Crippen LogP) is 6.80. The average molecular weight is 301 g/mol. The molecule has 0 aliphatic rings. The molecule has 0 heterocycles. The summed E-state index contributed by atoms with van der Waals surface area (Å²) in [4.78, 5) is 0. The van der Waals surface area contributed by atoms with Crippen LogP contribution in [0.2, 0.25) is 5.02 Å². The Balaban J connectivity index is 2.24. The highest BCUT2D eigenvalue weighted by atomic mass is 35.5. The number of rotatable bonds is 10. The minimum atomic E-state index is 0.408. The molecule has 2 heteroatoms. The summed E-state index contributed by atoms with van der Waals surface area (Å²) in [6.45, 7) is 2.26. The van der Waals surface area contributed by atoms with Gasteiger partial charge in [0.2, 0.25) is 0 Å². The molecule has 0 nitrogen and oxygen atoms in total. The Morgan fingerprint density at radius 1 is 0.947 bits per heavy atom. The summed E-state index contributed by atoms with van der Waals surface area (Å²) in [6, 6.07) is 8.09. The Kier molecular flexibility index (Phi) is 9.38. The van der Waals surface area contributed by atoms with Crippen molar-refractivity contribution in [2.75, 3.05) is 5.88 Å². The van der Waals surface area contributed by atoms with Gasteiger partial charge in [0.05, 0.1) is 0 Å². The van der Waals surface area contributed by atoms with Crippen LogP contribution < -0.4 is 0 Å². The highest BCUT2D eigenvalue weighted by molar-refractivity contribution is 6.31. The highest BCUT2D eigenvalue weighted by Crippen LogP contribution is 2.29. The van der Waals surface area contributed by atoms with Crippen LogP contribution in [0.3, 0.4) is 0 Å². The molecule has 1 aromatic carbocycles. The molecule has 0 saturated carbocycles. The fourth-order valence-electron chi connectivity index (χ4n) is 2.47. The summed E-state index contributed by atoms with van der Waals surface area (Å²) in [5.41, 5.74) is 1.21. The lowest BCUT2D eigenvalue weighted by atomic mass is 9.94. The van der Waals surface area contributed by atoms with Gasteiger partial charge in [0.1, 0.15) is 0 Å². The van der Waals surface area contributed by atoms with Gasteiger partial charge in [0.15, 0.2) is 0 Å². The summed E-state index contributed by atoms with van der Waals surface area (Å²) in [5.74, 6) is 1.07. The van der Waals surface area contributed by atoms with Gasteiger partial charge in [-0.25, -0.2) is 0 Å². The first-order valence-electron chi connectivity index (χ1n) is 7.60. The monoisotopic (exact) mass is 300 g/mol. The van der Waals surface area contributed by atoms with E-state index in [0.717, 1.165) is 11.4 Å². The molecule has 1 rings (SSSR count). The van der Waals surface area contributed by atoms with Crippen molar-refractivity contribution >= 4 is 23.2 Å². The van der Waals surface area contributed by atoms with Crippen LogP contribution >= 0.6 is 23.2 Å². The Labute approximate surface area is 128 Å². The molecule has 19 heavy (non-hydrogen) atoms. The fourth-order valence-corrected chi connectivity index (χ4v) is 3.08. The van der Waals surface area contributed by atoms with E-state index in [1.54, 1.807) is 0 Å². The van der Waals surface area contributed by atoms with Gasteiger partial charge < -0.3 is 0 Å². The van der Waals surface area contributed by atoms with Crippen molar-refractivity contribution in [1.29, 1.82) is 0 Å². The van der Waals surface area contributed by atoms with E-state index in [1.807, 2.05) is 18.2 Å². The zero-order chi connectivity index (χ0) is 13.9. The third-order valence-electron chi connectivity index (χ3n) is 3.69. The second-order valence-electron chi connectivity index (χ2n) is 5.28. The van der Waals surface area contributed by atoms with Crippen molar-refractivity contribution in [2.24, 2.45) is 0 Å². The van der Waals surface area contributed by atoms with Crippen molar-refractivity contribution in [3.05, 3.63) is 34.9 Å². The van der Waals surface area contributed by atoms with Gasteiger partial charge in [0, 0.05) is 10.9 Å². The van der Waals surface area contributed by atoms with Crippen LogP contribution in [0.25, 0.3) is 0 Å². The van der Waals surface area contributed by atoms with E-state index in [-0.39, 0.29) is 0 Å². The standard InChI is InChI=1S/C17H26Cl2/c1-2-3-4-5-6-7-8-11-15(14-18)16-12-9-10-13-17(16)19/h9-10,12-13,15H,2-8,11,14H2,1H3. The number of hydrogen-bond acceptors (Lipinski definition) is 0. The van der Waals surface area contributed by atoms with Crippen molar-refractivity contribution in [3.8, 4) is 0 Å². The minimum absolute atomic E-state index is 0.408. The lowest BCUT2D eigenvalue weighted by molar-refractivity contribution is 0.551. The lowest BCUT2D eigenvalue weighted by Gasteiger charge is -2.15. The number of unbranched alkanes of at least 4 members (excludes halogenated alkanes) is 6. The van der Waals surface area contributed by atoms with Crippen LogP contribution in [0.5, 0.6) is 0 Å². The van der Waals surface area contributed by atoms with Gasteiger partial charge in [-0.3, -0.25) is 0 Å². The number of alkyl halides is 1. The number of benzene rings is 1. The van der Waals surface area contributed by atoms with Crippen LogP contribution in [0.15, 0.2) is 24.3 Å². The van der Waals surface area contributed by atoms with E-state index in [0.29, 0.717) is 11.8 Å². The Hall–Kier alpha value is -0.200. The Morgan fingerprint density at radius 3 is 2.21 bits per heavy atom. The fraction of sp³-hybridized carbons (Fsp3) is 0.647. The van der Waals surface area contributed by atoms with E-state index < -0.39 is 0 Å². The van der Waals surface area contributed by atoms with E-state index in [4.69, 9.17) is 23.2 Å². The topological polar surface area (TPSA) is 0 Å². The maximum absolute atomic E-state index is 6.24. The second-order valence-corrected chi connectivity index (χ2v) is 6.00. The van der Waals surface area contributed by atoms with Gasteiger partial charge in [-0.1, -0.05) is 81.7 Å². The maximum Gasteiger partial charge on any atom is 0.0441 e. The van der Waals surface area contributed by atoms with E-state index in [2.05, 4.69) is 13.0 Å². The molecule has 1 unspecified atom stereocenters. The number of hydrogen-bond donors (Lipinski definition) is 0. The summed E-state index contributed by atoms with van der Waals surface area (Å²) < 4.78 is 0. The zero-order valence-electron chi connectivity index (χ0n) is 12.0. The summed E-state index contributed by atoms with van der Waals surface area (Å²) in [5, 5.41) is 0.857. The predicted molar refractivity (Wildman–Crippen MR) is 87.5 cm³/mol. The smallest absolute Gasteiger partial charge is 0.0441 e. The van der Waals surface area contributed by atoms with Crippen LogP contribution in [0.1, 0.15) is 69.8 Å². The molecule has 1 aromatic rings.